The number of nitrogens with zero attached hydrogens (tertiary/aromatic N) is 1. The summed E-state index contributed by atoms with van der Waals surface area (Å²) in [5, 5.41) is 8.90. The summed E-state index contributed by atoms with van der Waals surface area (Å²) in [6, 6.07) is 6.22. The predicted molar refractivity (Wildman–Crippen MR) is 68.5 cm³/mol. The fraction of sp³-hybridized carbons (Fsp3) is 0.500. The van der Waals surface area contributed by atoms with Gasteiger partial charge in [-0.25, -0.2) is 4.39 Å². The largest absolute Gasteiger partial charge is 0.493 e. The molecule has 1 rings (SSSR count). The number of ether oxygens (including phenoxy) is 1. The van der Waals surface area contributed by atoms with Gasteiger partial charge in [0, 0.05) is 11.6 Å². The van der Waals surface area contributed by atoms with Crippen LogP contribution in [0.4, 0.5) is 4.39 Å². The van der Waals surface area contributed by atoms with Crippen LogP contribution in [-0.4, -0.2) is 6.61 Å². The maximum atomic E-state index is 13.1. The van der Waals surface area contributed by atoms with E-state index in [1.807, 2.05) is 13.8 Å². The number of nitriles is 1. The zero-order chi connectivity index (χ0) is 13.8. The van der Waals surface area contributed by atoms with Gasteiger partial charge in [-0.05, 0) is 45.4 Å². The van der Waals surface area contributed by atoms with Crippen LogP contribution in [0.3, 0.4) is 0 Å². The number of rotatable bonds is 5. The first-order valence-corrected chi connectivity index (χ1v) is 5.95. The fourth-order valence-electron chi connectivity index (χ4n) is 1.48. The van der Waals surface area contributed by atoms with E-state index in [9.17, 15) is 4.39 Å². The van der Waals surface area contributed by atoms with E-state index in [-0.39, 0.29) is 11.9 Å². The Morgan fingerprint density at radius 3 is 2.72 bits per heavy atom. The maximum absolute atomic E-state index is 13.1. The zero-order valence-corrected chi connectivity index (χ0v) is 11.0. The van der Waals surface area contributed by atoms with Crippen LogP contribution in [0.25, 0.3) is 0 Å². The van der Waals surface area contributed by atoms with Crippen molar-refractivity contribution in [3.05, 3.63) is 29.6 Å². The first-order valence-electron chi connectivity index (χ1n) is 5.95. The summed E-state index contributed by atoms with van der Waals surface area (Å²) in [6.07, 6.45) is 0.610. The SMILES string of the molecule is C[C@@H](N)c1cc(F)ccc1OCCC(C)(C)C#N. The lowest BCUT2D eigenvalue weighted by molar-refractivity contribution is 0.261. The minimum absolute atomic E-state index is 0.292. The lowest BCUT2D eigenvalue weighted by atomic mass is 9.92. The van der Waals surface area contributed by atoms with Crippen molar-refractivity contribution in [2.45, 2.75) is 33.2 Å². The van der Waals surface area contributed by atoms with Gasteiger partial charge in [-0.2, -0.15) is 5.26 Å². The van der Waals surface area contributed by atoms with Crippen molar-refractivity contribution in [1.82, 2.24) is 0 Å². The van der Waals surface area contributed by atoms with E-state index in [1.165, 1.54) is 12.1 Å². The molecule has 2 N–H and O–H groups in total. The summed E-state index contributed by atoms with van der Waals surface area (Å²) in [7, 11) is 0. The van der Waals surface area contributed by atoms with Crippen LogP contribution < -0.4 is 10.5 Å². The lowest BCUT2D eigenvalue weighted by Gasteiger charge is -2.18. The van der Waals surface area contributed by atoms with Gasteiger partial charge in [0.25, 0.3) is 0 Å². The first kappa shape index (κ1) is 14.5. The summed E-state index contributed by atoms with van der Waals surface area (Å²) >= 11 is 0. The second-order valence-electron chi connectivity index (χ2n) is 5.06. The number of nitrogens with two attached hydrogens (primary N) is 1. The van der Waals surface area contributed by atoms with Crippen molar-refractivity contribution in [2.75, 3.05) is 6.61 Å². The molecule has 0 aliphatic carbocycles. The van der Waals surface area contributed by atoms with Crippen molar-refractivity contribution < 1.29 is 9.13 Å². The summed E-state index contributed by atoms with van der Waals surface area (Å²) in [4.78, 5) is 0. The Bertz CT molecular complexity index is 450. The van der Waals surface area contributed by atoms with Crippen LogP contribution in [-0.2, 0) is 0 Å². The average molecular weight is 250 g/mol. The Hall–Kier alpha value is -1.60. The summed E-state index contributed by atoms with van der Waals surface area (Å²) in [6.45, 7) is 5.90. The smallest absolute Gasteiger partial charge is 0.124 e. The van der Waals surface area contributed by atoms with Crippen LogP contribution in [0.15, 0.2) is 18.2 Å². The number of hydrogen-bond acceptors (Lipinski definition) is 3. The molecule has 0 saturated carbocycles. The van der Waals surface area contributed by atoms with Gasteiger partial charge in [0.05, 0.1) is 18.1 Å². The zero-order valence-electron chi connectivity index (χ0n) is 11.0. The van der Waals surface area contributed by atoms with Crippen LogP contribution in [0.1, 0.15) is 38.8 Å². The Morgan fingerprint density at radius 1 is 1.50 bits per heavy atom. The molecule has 1 aromatic rings. The Kier molecular flexibility index (Phi) is 4.69. The molecular weight excluding hydrogens is 231 g/mol. The predicted octanol–water partition coefficient (Wildman–Crippen LogP) is 3.16. The highest BCUT2D eigenvalue weighted by atomic mass is 19.1. The van der Waals surface area contributed by atoms with Gasteiger partial charge in [-0.3, -0.25) is 0 Å². The number of benzene rings is 1. The van der Waals surface area contributed by atoms with E-state index in [0.29, 0.717) is 24.3 Å². The van der Waals surface area contributed by atoms with Gasteiger partial charge in [0.15, 0.2) is 0 Å². The third-order valence-corrected chi connectivity index (χ3v) is 2.75. The van der Waals surface area contributed by atoms with Crippen molar-refractivity contribution in [1.29, 1.82) is 5.26 Å². The molecular formula is C14H19FN2O. The van der Waals surface area contributed by atoms with E-state index in [2.05, 4.69) is 6.07 Å². The standard InChI is InChI=1S/C14H19FN2O/c1-10(17)12-8-11(15)4-5-13(12)18-7-6-14(2,3)9-16/h4-5,8,10H,6-7,17H2,1-3H3/t10-/m1/s1. The normalized spacial score (nSPS) is 12.9. The molecule has 0 unspecified atom stereocenters. The third kappa shape index (κ3) is 4.01. The van der Waals surface area contributed by atoms with Gasteiger partial charge in [0.1, 0.15) is 11.6 Å². The van der Waals surface area contributed by atoms with Crippen molar-refractivity contribution >= 4 is 0 Å². The van der Waals surface area contributed by atoms with Gasteiger partial charge >= 0.3 is 0 Å². The van der Waals surface area contributed by atoms with Gasteiger partial charge in [0.2, 0.25) is 0 Å². The molecule has 4 heteroatoms. The van der Waals surface area contributed by atoms with Crippen LogP contribution in [0.5, 0.6) is 5.75 Å². The molecule has 18 heavy (non-hydrogen) atoms. The minimum atomic E-state index is -0.422. The molecule has 0 radical (unpaired) electrons. The topological polar surface area (TPSA) is 59.0 Å². The van der Waals surface area contributed by atoms with Crippen LogP contribution in [0.2, 0.25) is 0 Å². The number of halogens is 1. The lowest BCUT2D eigenvalue weighted by Crippen LogP contribution is -2.15. The molecule has 0 fully saturated rings. The Labute approximate surface area is 107 Å². The maximum Gasteiger partial charge on any atom is 0.124 e. The average Bonchev–Trinajstić information content (AvgIpc) is 2.30. The van der Waals surface area contributed by atoms with Gasteiger partial charge < -0.3 is 10.5 Å². The molecule has 0 heterocycles. The molecule has 0 saturated heterocycles. The molecule has 0 aromatic heterocycles. The van der Waals surface area contributed by atoms with Crippen molar-refractivity contribution in [3.63, 3.8) is 0 Å². The molecule has 0 spiro atoms. The highest BCUT2D eigenvalue weighted by Crippen LogP contribution is 2.26. The quantitative estimate of drug-likeness (QED) is 0.873. The van der Waals surface area contributed by atoms with Crippen LogP contribution in [0, 0.1) is 22.6 Å². The highest BCUT2D eigenvalue weighted by molar-refractivity contribution is 5.36. The molecule has 0 aliphatic heterocycles. The molecule has 0 bridgehead atoms. The Morgan fingerprint density at radius 2 is 2.17 bits per heavy atom. The minimum Gasteiger partial charge on any atom is -0.493 e. The van der Waals surface area contributed by atoms with Crippen molar-refractivity contribution in [2.24, 2.45) is 11.1 Å². The second-order valence-corrected chi connectivity index (χ2v) is 5.06. The molecule has 1 aromatic carbocycles. The van der Waals surface area contributed by atoms with Gasteiger partial charge in [-0.15, -0.1) is 0 Å². The summed E-state index contributed by atoms with van der Waals surface area (Å²) in [5.74, 6) is 0.257. The molecule has 0 amide bonds. The number of hydrogen-bond donors (Lipinski definition) is 1. The summed E-state index contributed by atoms with van der Waals surface area (Å²) in [5.41, 5.74) is 5.99. The van der Waals surface area contributed by atoms with E-state index in [0.717, 1.165) is 0 Å². The third-order valence-electron chi connectivity index (χ3n) is 2.75. The van der Waals surface area contributed by atoms with E-state index < -0.39 is 5.41 Å². The monoisotopic (exact) mass is 250 g/mol. The molecule has 0 aliphatic rings. The van der Waals surface area contributed by atoms with E-state index in [4.69, 9.17) is 15.7 Å². The molecule has 98 valence electrons. The second kappa shape index (κ2) is 5.83. The first-order chi connectivity index (χ1) is 8.35. The van der Waals surface area contributed by atoms with E-state index >= 15 is 0 Å². The Balaban J connectivity index is 2.71. The van der Waals surface area contributed by atoms with Crippen molar-refractivity contribution in [3.8, 4) is 11.8 Å². The van der Waals surface area contributed by atoms with Gasteiger partial charge in [-0.1, -0.05) is 0 Å². The van der Waals surface area contributed by atoms with E-state index in [1.54, 1.807) is 13.0 Å². The highest BCUT2D eigenvalue weighted by Gasteiger charge is 2.17. The fourth-order valence-corrected chi connectivity index (χ4v) is 1.48. The molecule has 1 atom stereocenters. The van der Waals surface area contributed by atoms with Crippen LogP contribution >= 0.6 is 0 Å². The summed E-state index contributed by atoms with van der Waals surface area (Å²) < 4.78 is 18.7. The molecule has 3 nitrogen and oxygen atoms in total.